The van der Waals surface area contributed by atoms with E-state index in [1.807, 2.05) is 6.07 Å². The number of carbonyl (C=O) groups excluding carboxylic acids is 1. The Bertz CT molecular complexity index is 474. The first-order chi connectivity index (χ1) is 8.54. The van der Waals surface area contributed by atoms with Crippen LogP contribution < -0.4 is 5.32 Å². The molecule has 5 heteroatoms. The Morgan fingerprint density at radius 1 is 1.39 bits per heavy atom. The smallest absolute Gasteiger partial charge is 0.306 e. The highest BCUT2D eigenvalue weighted by molar-refractivity contribution is 5.94. The van der Waals surface area contributed by atoms with E-state index in [0.717, 1.165) is 0 Å². The molecule has 1 unspecified atom stereocenters. The second-order valence-electron chi connectivity index (χ2n) is 3.97. The minimum Gasteiger partial charge on any atom is -0.481 e. The highest BCUT2D eigenvalue weighted by atomic mass is 16.4. The SMILES string of the molecule is CC(CCNC(=O)c1ccc(C#N)cc1)C(=O)O. The molecular formula is C13H14N2O3. The summed E-state index contributed by atoms with van der Waals surface area (Å²) < 4.78 is 0. The average molecular weight is 246 g/mol. The summed E-state index contributed by atoms with van der Waals surface area (Å²) in [5, 5.41) is 19.9. The third-order valence-corrected chi connectivity index (χ3v) is 2.56. The normalized spacial score (nSPS) is 11.3. The van der Waals surface area contributed by atoms with Crippen LogP contribution in [-0.2, 0) is 4.79 Å². The summed E-state index contributed by atoms with van der Waals surface area (Å²) in [7, 11) is 0. The van der Waals surface area contributed by atoms with Crippen molar-refractivity contribution in [2.75, 3.05) is 6.54 Å². The first-order valence-electron chi connectivity index (χ1n) is 5.55. The minimum absolute atomic E-state index is 0.267. The summed E-state index contributed by atoms with van der Waals surface area (Å²) in [6, 6.07) is 8.22. The van der Waals surface area contributed by atoms with Crippen molar-refractivity contribution in [3.63, 3.8) is 0 Å². The van der Waals surface area contributed by atoms with Crippen LogP contribution in [0.1, 0.15) is 29.3 Å². The molecule has 0 aliphatic rings. The Morgan fingerprint density at radius 3 is 2.50 bits per heavy atom. The summed E-state index contributed by atoms with van der Waals surface area (Å²) >= 11 is 0. The molecule has 2 N–H and O–H groups in total. The van der Waals surface area contributed by atoms with E-state index in [2.05, 4.69) is 5.32 Å². The van der Waals surface area contributed by atoms with Crippen LogP contribution in [0.25, 0.3) is 0 Å². The standard InChI is InChI=1S/C13H14N2O3/c1-9(13(17)18)6-7-15-12(16)11-4-2-10(8-14)3-5-11/h2-5,9H,6-7H2,1H3,(H,15,16)(H,17,18). The lowest BCUT2D eigenvalue weighted by molar-refractivity contribution is -0.141. The van der Waals surface area contributed by atoms with E-state index in [1.54, 1.807) is 31.2 Å². The largest absolute Gasteiger partial charge is 0.481 e. The molecular weight excluding hydrogens is 232 g/mol. The lowest BCUT2D eigenvalue weighted by atomic mass is 10.1. The number of carbonyl (C=O) groups is 2. The van der Waals surface area contributed by atoms with E-state index < -0.39 is 11.9 Å². The van der Waals surface area contributed by atoms with Gasteiger partial charge in [0.1, 0.15) is 0 Å². The third kappa shape index (κ3) is 3.91. The van der Waals surface area contributed by atoms with Crippen molar-refractivity contribution in [3.05, 3.63) is 35.4 Å². The van der Waals surface area contributed by atoms with Gasteiger partial charge in [-0.05, 0) is 30.7 Å². The molecule has 94 valence electrons. The van der Waals surface area contributed by atoms with E-state index in [-0.39, 0.29) is 5.91 Å². The fourth-order valence-corrected chi connectivity index (χ4v) is 1.32. The number of carboxylic acids is 1. The summed E-state index contributed by atoms with van der Waals surface area (Å²) in [4.78, 5) is 22.2. The van der Waals surface area contributed by atoms with Gasteiger partial charge in [-0.15, -0.1) is 0 Å². The molecule has 1 aromatic carbocycles. The number of hydrogen-bond acceptors (Lipinski definition) is 3. The van der Waals surface area contributed by atoms with E-state index in [9.17, 15) is 9.59 Å². The number of benzene rings is 1. The van der Waals surface area contributed by atoms with Crippen molar-refractivity contribution in [2.45, 2.75) is 13.3 Å². The van der Waals surface area contributed by atoms with Crippen molar-refractivity contribution in [1.29, 1.82) is 5.26 Å². The van der Waals surface area contributed by atoms with Crippen LogP contribution in [-0.4, -0.2) is 23.5 Å². The second kappa shape index (κ2) is 6.40. The fourth-order valence-electron chi connectivity index (χ4n) is 1.32. The van der Waals surface area contributed by atoms with Crippen LogP contribution in [0.3, 0.4) is 0 Å². The maximum atomic E-state index is 11.7. The zero-order chi connectivity index (χ0) is 13.5. The molecule has 5 nitrogen and oxygen atoms in total. The van der Waals surface area contributed by atoms with Gasteiger partial charge in [0.25, 0.3) is 5.91 Å². The first-order valence-corrected chi connectivity index (χ1v) is 5.55. The van der Waals surface area contributed by atoms with Crippen molar-refractivity contribution >= 4 is 11.9 Å². The lowest BCUT2D eigenvalue weighted by Gasteiger charge is -2.07. The van der Waals surface area contributed by atoms with Crippen molar-refractivity contribution in [2.24, 2.45) is 5.92 Å². The maximum absolute atomic E-state index is 11.7. The van der Waals surface area contributed by atoms with Gasteiger partial charge < -0.3 is 10.4 Å². The monoisotopic (exact) mass is 246 g/mol. The molecule has 1 aromatic rings. The average Bonchev–Trinajstić information content (AvgIpc) is 2.38. The Morgan fingerprint density at radius 2 is 2.00 bits per heavy atom. The predicted molar refractivity (Wildman–Crippen MR) is 64.9 cm³/mol. The molecule has 0 radical (unpaired) electrons. The molecule has 1 atom stereocenters. The summed E-state index contributed by atoms with van der Waals surface area (Å²) in [6.07, 6.45) is 0.386. The van der Waals surface area contributed by atoms with Gasteiger partial charge in [-0.1, -0.05) is 6.92 Å². The number of nitrogens with one attached hydrogen (secondary N) is 1. The van der Waals surface area contributed by atoms with Gasteiger partial charge in [-0.2, -0.15) is 5.26 Å². The number of nitriles is 1. The number of aliphatic carboxylic acids is 1. The van der Waals surface area contributed by atoms with Gasteiger partial charge in [0.2, 0.25) is 0 Å². The summed E-state index contributed by atoms with van der Waals surface area (Å²) in [5.41, 5.74) is 0.947. The Hall–Kier alpha value is -2.35. The number of amides is 1. The zero-order valence-electron chi connectivity index (χ0n) is 10.0. The maximum Gasteiger partial charge on any atom is 0.306 e. The third-order valence-electron chi connectivity index (χ3n) is 2.56. The van der Waals surface area contributed by atoms with Gasteiger partial charge in [0.05, 0.1) is 17.6 Å². The highest BCUT2D eigenvalue weighted by Crippen LogP contribution is 2.04. The van der Waals surface area contributed by atoms with Crippen molar-refractivity contribution in [3.8, 4) is 6.07 Å². The molecule has 1 amide bonds. The van der Waals surface area contributed by atoms with Crippen LogP contribution in [0.5, 0.6) is 0 Å². The van der Waals surface area contributed by atoms with Crippen LogP contribution in [0.4, 0.5) is 0 Å². The molecule has 0 aliphatic carbocycles. The van der Waals surface area contributed by atoms with Crippen LogP contribution in [0.2, 0.25) is 0 Å². The lowest BCUT2D eigenvalue weighted by Crippen LogP contribution is -2.26. The van der Waals surface area contributed by atoms with E-state index >= 15 is 0 Å². The van der Waals surface area contributed by atoms with E-state index in [4.69, 9.17) is 10.4 Å². The van der Waals surface area contributed by atoms with Crippen LogP contribution >= 0.6 is 0 Å². The number of rotatable bonds is 5. The predicted octanol–water partition coefficient (Wildman–Crippen LogP) is 1.40. The van der Waals surface area contributed by atoms with Crippen LogP contribution in [0.15, 0.2) is 24.3 Å². The first kappa shape index (κ1) is 13.7. The van der Waals surface area contributed by atoms with Gasteiger partial charge >= 0.3 is 5.97 Å². The Balaban J connectivity index is 2.46. The Labute approximate surface area is 105 Å². The zero-order valence-corrected chi connectivity index (χ0v) is 10.0. The molecule has 1 rings (SSSR count). The van der Waals surface area contributed by atoms with Gasteiger partial charge in [-0.25, -0.2) is 0 Å². The van der Waals surface area contributed by atoms with Gasteiger partial charge in [-0.3, -0.25) is 9.59 Å². The van der Waals surface area contributed by atoms with Crippen molar-refractivity contribution < 1.29 is 14.7 Å². The molecule has 0 aromatic heterocycles. The number of nitrogens with zero attached hydrogens (tertiary/aromatic N) is 1. The Kier molecular flexibility index (Phi) is 4.88. The molecule has 0 aliphatic heterocycles. The number of carboxylic acid groups (broad SMARTS) is 1. The summed E-state index contributed by atoms with van der Waals surface area (Å²) in [5.74, 6) is -1.62. The van der Waals surface area contributed by atoms with Gasteiger partial charge in [0, 0.05) is 12.1 Å². The minimum atomic E-state index is -0.873. The molecule has 0 bridgehead atoms. The number of hydrogen-bond donors (Lipinski definition) is 2. The molecule has 0 saturated carbocycles. The molecule has 0 spiro atoms. The quantitative estimate of drug-likeness (QED) is 0.821. The fraction of sp³-hybridized carbons (Fsp3) is 0.308. The topological polar surface area (TPSA) is 90.2 Å². The molecule has 0 fully saturated rings. The van der Waals surface area contributed by atoms with E-state index in [1.165, 1.54) is 0 Å². The van der Waals surface area contributed by atoms with Crippen LogP contribution in [0, 0.1) is 17.2 Å². The summed E-state index contributed by atoms with van der Waals surface area (Å²) in [6.45, 7) is 1.91. The highest BCUT2D eigenvalue weighted by Gasteiger charge is 2.11. The molecule has 0 heterocycles. The molecule has 18 heavy (non-hydrogen) atoms. The molecule has 0 saturated heterocycles. The van der Waals surface area contributed by atoms with Gasteiger partial charge in [0.15, 0.2) is 0 Å². The van der Waals surface area contributed by atoms with Crippen molar-refractivity contribution in [1.82, 2.24) is 5.32 Å². The van der Waals surface area contributed by atoms with E-state index in [0.29, 0.717) is 24.1 Å². The second-order valence-corrected chi connectivity index (χ2v) is 3.97.